The molecule has 2 N–H and O–H groups in total. The summed E-state index contributed by atoms with van der Waals surface area (Å²) < 4.78 is 27.6. The molecule has 21 heavy (non-hydrogen) atoms. The number of hydrogen-bond donors (Lipinski definition) is 2. The van der Waals surface area contributed by atoms with Gasteiger partial charge < -0.3 is 15.4 Å². The van der Waals surface area contributed by atoms with Gasteiger partial charge >= 0.3 is 0 Å². The molecule has 0 aromatic carbocycles. The van der Waals surface area contributed by atoms with Gasteiger partial charge in [-0.2, -0.15) is 0 Å². The predicted octanol–water partition coefficient (Wildman–Crippen LogP) is 1.04. The smallest absolute Gasteiger partial charge is 0.191 e. The van der Waals surface area contributed by atoms with Crippen LogP contribution in [0, 0.1) is 5.41 Å². The lowest BCUT2D eigenvalue weighted by Gasteiger charge is -2.28. The third kappa shape index (κ3) is 10.5. The monoisotopic (exact) mass is 321 g/mol. The third-order valence-corrected chi connectivity index (χ3v) is 4.02. The van der Waals surface area contributed by atoms with Crippen LogP contribution in [0.3, 0.4) is 0 Å². The van der Waals surface area contributed by atoms with Gasteiger partial charge in [-0.05, 0) is 18.8 Å². The molecule has 6 nitrogen and oxygen atoms in total. The van der Waals surface area contributed by atoms with E-state index in [-0.39, 0.29) is 17.3 Å². The van der Waals surface area contributed by atoms with Crippen molar-refractivity contribution < 1.29 is 13.2 Å². The van der Waals surface area contributed by atoms with Crippen molar-refractivity contribution in [3.05, 3.63) is 0 Å². The Hall–Kier alpha value is -0.820. The van der Waals surface area contributed by atoms with Gasteiger partial charge in [0.2, 0.25) is 0 Å². The molecule has 0 aromatic heterocycles. The van der Waals surface area contributed by atoms with E-state index in [9.17, 15) is 8.42 Å². The number of guanidine groups is 1. The van der Waals surface area contributed by atoms with E-state index in [0.29, 0.717) is 25.5 Å². The first-order valence-corrected chi connectivity index (χ1v) is 9.39. The normalized spacial score (nSPS) is 14.9. The van der Waals surface area contributed by atoms with Gasteiger partial charge in [0.25, 0.3) is 0 Å². The van der Waals surface area contributed by atoms with Crippen LogP contribution in [0.1, 0.15) is 34.1 Å². The molecular weight excluding hydrogens is 290 g/mol. The third-order valence-electron chi connectivity index (χ3n) is 2.99. The molecule has 0 spiro atoms. The fourth-order valence-electron chi connectivity index (χ4n) is 1.76. The molecule has 0 aliphatic rings. The summed E-state index contributed by atoms with van der Waals surface area (Å²) in [4.78, 5) is 4.51. The lowest BCUT2D eigenvalue weighted by atomic mass is 9.89. The van der Waals surface area contributed by atoms with Gasteiger partial charge in [0.1, 0.15) is 9.84 Å². The van der Waals surface area contributed by atoms with Crippen molar-refractivity contribution in [3.8, 4) is 0 Å². The summed E-state index contributed by atoms with van der Waals surface area (Å²) in [6.07, 6.45) is 1.85. The molecule has 0 rings (SSSR count). The first-order chi connectivity index (χ1) is 9.60. The molecule has 1 atom stereocenters. The summed E-state index contributed by atoms with van der Waals surface area (Å²) in [7, 11) is -1.21. The standard InChI is InChI=1S/C14H31N3O3S/c1-7-15-13(16-9-8-10-21(6,18)19)17-11-12(20-5)14(2,3)4/h12H,7-11H2,1-6H3,(H2,15,16,17). The number of nitrogens with zero attached hydrogens (tertiary/aromatic N) is 1. The van der Waals surface area contributed by atoms with Crippen LogP contribution in [0.2, 0.25) is 0 Å². The minimum absolute atomic E-state index is 0.0197. The second kappa shape index (κ2) is 9.25. The average molecular weight is 321 g/mol. The second-order valence-corrected chi connectivity index (χ2v) is 8.48. The van der Waals surface area contributed by atoms with E-state index in [1.165, 1.54) is 6.26 Å². The molecule has 0 heterocycles. The van der Waals surface area contributed by atoms with Crippen LogP contribution in [0.15, 0.2) is 4.99 Å². The fraction of sp³-hybridized carbons (Fsp3) is 0.929. The first kappa shape index (κ1) is 20.2. The summed E-state index contributed by atoms with van der Waals surface area (Å²) in [5.41, 5.74) is 0.0197. The summed E-state index contributed by atoms with van der Waals surface area (Å²) in [6, 6.07) is 0. The van der Waals surface area contributed by atoms with Crippen molar-refractivity contribution in [2.45, 2.75) is 40.2 Å². The highest BCUT2D eigenvalue weighted by molar-refractivity contribution is 7.90. The van der Waals surface area contributed by atoms with Crippen LogP contribution < -0.4 is 10.6 Å². The van der Waals surface area contributed by atoms with Gasteiger partial charge in [0, 0.05) is 26.5 Å². The topological polar surface area (TPSA) is 79.8 Å². The largest absolute Gasteiger partial charge is 0.379 e. The summed E-state index contributed by atoms with van der Waals surface area (Å²) in [5.74, 6) is 0.875. The predicted molar refractivity (Wildman–Crippen MR) is 88.6 cm³/mol. The lowest BCUT2D eigenvalue weighted by Crippen LogP contribution is -2.40. The highest BCUT2D eigenvalue weighted by Gasteiger charge is 2.24. The van der Waals surface area contributed by atoms with Gasteiger partial charge in [-0.15, -0.1) is 0 Å². The van der Waals surface area contributed by atoms with Crippen LogP contribution in [0.5, 0.6) is 0 Å². The van der Waals surface area contributed by atoms with Crippen LogP contribution in [0.4, 0.5) is 0 Å². The SMILES string of the molecule is CCNC(=NCC(OC)C(C)(C)C)NCCCS(C)(=O)=O. The molecule has 126 valence electrons. The van der Waals surface area contributed by atoms with Crippen molar-refractivity contribution >= 4 is 15.8 Å². The maximum absolute atomic E-state index is 11.1. The van der Waals surface area contributed by atoms with Gasteiger partial charge in [-0.3, -0.25) is 4.99 Å². The zero-order valence-electron chi connectivity index (χ0n) is 14.2. The molecule has 0 amide bonds. The second-order valence-electron chi connectivity index (χ2n) is 6.22. The van der Waals surface area contributed by atoms with Crippen molar-refractivity contribution in [2.24, 2.45) is 10.4 Å². The molecule has 0 saturated carbocycles. The van der Waals surface area contributed by atoms with Gasteiger partial charge in [0.15, 0.2) is 5.96 Å². The Bertz CT molecular complexity index is 414. The van der Waals surface area contributed by atoms with Gasteiger partial charge in [0.05, 0.1) is 18.4 Å². The Morgan fingerprint density at radius 2 is 1.90 bits per heavy atom. The van der Waals surface area contributed by atoms with Crippen LogP contribution >= 0.6 is 0 Å². The molecule has 0 fully saturated rings. The maximum atomic E-state index is 11.1. The molecule has 0 bridgehead atoms. The van der Waals surface area contributed by atoms with Crippen molar-refractivity contribution in [2.75, 3.05) is 38.8 Å². The Kier molecular flexibility index (Phi) is 8.89. The van der Waals surface area contributed by atoms with Crippen LogP contribution in [0.25, 0.3) is 0 Å². The number of aliphatic imine (C=N–C) groups is 1. The number of sulfone groups is 1. The number of hydrogen-bond acceptors (Lipinski definition) is 4. The van der Waals surface area contributed by atoms with Crippen LogP contribution in [-0.4, -0.2) is 59.2 Å². The maximum Gasteiger partial charge on any atom is 0.191 e. The zero-order valence-corrected chi connectivity index (χ0v) is 15.0. The van der Waals surface area contributed by atoms with E-state index < -0.39 is 9.84 Å². The Morgan fingerprint density at radius 3 is 2.33 bits per heavy atom. The quantitative estimate of drug-likeness (QED) is 0.397. The van der Waals surface area contributed by atoms with Crippen molar-refractivity contribution in [1.29, 1.82) is 0 Å². The molecule has 0 aliphatic carbocycles. The van der Waals surface area contributed by atoms with E-state index in [4.69, 9.17) is 4.74 Å². The fourth-order valence-corrected chi connectivity index (χ4v) is 2.43. The Balaban J connectivity index is 4.42. The summed E-state index contributed by atoms with van der Waals surface area (Å²) in [6.45, 7) is 10.2. The van der Waals surface area contributed by atoms with Gasteiger partial charge in [-0.25, -0.2) is 8.42 Å². The number of rotatable bonds is 8. The first-order valence-electron chi connectivity index (χ1n) is 7.33. The number of nitrogens with one attached hydrogen (secondary N) is 2. The van der Waals surface area contributed by atoms with E-state index in [1.807, 2.05) is 6.92 Å². The van der Waals surface area contributed by atoms with Crippen molar-refractivity contribution in [1.82, 2.24) is 10.6 Å². The van der Waals surface area contributed by atoms with E-state index in [1.54, 1.807) is 7.11 Å². The minimum atomic E-state index is -2.90. The number of ether oxygens (including phenoxy) is 1. The lowest BCUT2D eigenvalue weighted by molar-refractivity contribution is 0.0241. The molecule has 1 unspecified atom stereocenters. The van der Waals surface area contributed by atoms with E-state index >= 15 is 0 Å². The van der Waals surface area contributed by atoms with Crippen LogP contribution in [-0.2, 0) is 14.6 Å². The Morgan fingerprint density at radius 1 is 1.29 bits per heavy atom. The summed E-state index contributed by atoms with van der Waals surface area (Å²) >= 11 is 0. The molecule has 7 heteroatoms. The highest BCUT2D eigenvalue weighted by atomic mass is 32.2. The van der Waals surface area contributed by atoms with Crippen molar-refractivity contribution in [3.63, 3.8) is 0 Å². The van der Waals surface area contributed by atoms with E-state index in [0.717, 1.165) is 6.54 Å². The summed E-state index contributed by atoms with van der Waals surface area (Å²) in [5, 5.41) is 6.29. The molecule has 0 aliphatic heterocycles. The minimum Gasteiger partial charge on any atom is -0.379 e. The molecule has 0 saturated heterocycles. The Labute approximate surface area is 129 Å². The van der Waals surface area contributed by atoms with E-state index in [2.05, 4.69) is 36.4 Å². The molecular formula is C14H31N3O3S. The molecule has 0 aromatic rings. The highest BCUT2D eigenvalue weighted by Crippen LogP contribution is 2.21. The zero-order chi connectivity index (χ0) is 16.5. The number of methoxy groups -OCH3 is 1. The molecule has 0 radical (unpaired) electrons. The van der Waals surface area contributed by atoms with Gasteiger partial charge in [-0.1, -0.05) is 20.8 Å². The average Bonchev–Trinajstić information content (AvgIpc) is 2.32.